The average Bonchev–Trinajstić information content (AvgIpc) is 3.05. The number of hydrogen-bond donors (Lipinski definition) is 2. The van der Waals surface area contributed by atoms with E-state index in [2.05, 4.69) is 17.1 Å². The number of hydrogen-bond acceptors (Lipinski definition) is 3. The van der Waals surface area contributed by atoms with Gasteiger partial charge in [-0.1, -0.05) is 6.92 Å². The van der Waals surface area contributed by atoms with Crippen molar-refractivity contribution >= 4 is 5.91 Å². The Kier molecular flexibility index (Phi) is 5.77. The number of aliphatic hydroxyl groups excluding tert-OH is 1. The number of nitrogens with one attached hydrogen (secondary N) is 1. The smallest absolute Gasteiger partial charge is 0.220 e. The lowest BCUT2D eigenvalue weighted by Gasteiger charge is -2.19. The lowest BCUT2D eigenvalue weighted by atomic mass is 10.2. The molecule has 1 unspecified atom stereocenters. The summed E-state index contributed by atoms with van der Waals surface area (Å²) in [6, 6.07) is 0.763. The van der Waals surface area contributed by atoms with Crippen LogP contribution in [0.25, 0.3) is 0 Å². The van der Waals surface area contributed by atoms with Crippen molar-refractivity contribution in [2.45, 2.75) is 51.7 Å². The monoisotopic (exact) mass is 228 g/mol. The van der Waals surface area contributed by atoms with Crippen molar-refractivity contribution in [1.82, 2.24) is 10.2 Å². The van der Waals surface area contributed by atoms with Crippen LogP contribution < -0.4 is 5.32 Å². The molecule has 1 amide bonds. The van der Waals surface area contributed by atoms with Gasteiger partial charge in [-0.3, -0.25) is 9.69 Å². The normalized spacial score (nSPS) is 17.5. The van der Waals surface area contributed by atoms with Crippen LogP contribution in [-0.2, 0) is 4.79 Å². The molecule has 0 aromatic heterocycles. The fraction of sp³-hybridized carbons (Fsp3) is 0.917. The topological polar surface area (TPSA) is 52.6 Å². The van der Waals surface area contributed by atoms with Crippen LogP contribution in [-0.4, -0.2) is 47.7 Å². The predicted molar refractivity (Wildman–Crippen MR) is 64.2 cm³/mol. The summed E-state index contributed by atoms with van der Waals surface area (Å²) in [6.07, 6.45) is 3.21. The van der Waals surface area contributed by atoms with Gasteiger partial charge < -0.3 is 10.4 Å². The standard InChI is InChI=1S/C12H24N2O2/c1-3-14(11-5-6-11)9-8-13-12(16)7-4-10(2)15/h10-11,15H,3-9H2,1-2H3,(H,13,16). The Hall–Kier alpha value is -0.610. The first-order chi connectivity index (χ1) is 7.63. The Bertz CT molecular complexity index is 215. The number of likely N-dealkylation sites (N-methyl/N-ethyl adjacent to an activating group) is 1. The van der Waals surface area contributed by atoms with Crippen molar-refractivity contribution < 1.29 is 9.90 Å². The van der Waals surface area contributed by atoms with Gasteiger partial charge in [-0.15, -0.1) is 0 Å². The molecule has 0 aromatic carbocycles. The summed E-state index contributed by atoms with van der Waals surface area (Å²) >= 11 is 0. The first-order valence-corrected chi connectivity index (χ1v) is 6.32. The van der Waals surface area contributed by atoms with E-state index in [4.69, 9.17) is 5.11 Å². The number of amides is 1. The maximum Gasteiger partial charge on any atom is 0.220 e. The van der Waals surface area contributed by atoms with Crippen molar-refractivity contribution in [3.63, 3.8) is 0 Å². The minimum Gasteiger partial charge on any atom is -0.393 e. The lowest BCUT2D eigenvalue weighted by Crippen LogP contribution is -2.36. The number of rotatable bonds is 8. The van der Waals surface area contributed by atoms with E-state index in [0.717, 1.165) is 25.7 Å². The molecular formula is C12H24N2O2. The van der Waals surface area contributed by atoms with Crippen LogP contribution in [0.2, 0.25) is 0 Å². The van der Waals surface area contributed by atoms with E-state index < -0.39 is 0 Å². The molecule has 1 aliphatic carbocycles. The SMILES string of the molecule is CCN(CCNC(=O)CCC(C)O)C1CC1. The van der Waals surface area contributed by atoms with Gasteiger partial charge in [0, 0.05) is 25.6 Å². The van der Waals surface area contributed by atoms with Gasteiger partial charge in [0.1, 0.15) is 0 Å². The Labute approximate surface area is 98.0 Å². The molecule has 0 saturated heterocycles. The molecule has 1 fully saturated rings. The van der Waals surface area contributed by atoms with Gasteiger partial charge in [0.2, 0.25) is 5.91 Å². The van der Waals surface area contributed by atoms with Crippen LogP contribution in [0, 0.1) is 0 Å². The first kappa shape index (κ1) is 13.5. The summed E-state index contributed by atoms with van der Waals surface area (Å²) in [5.74, 6) is 0.0488. The van der Waals surface area contributed by atoms with Crippen molar-refractivity contribution in [2.24, 2.45) is 0 Å². The van der Waals surface area contributed by atoms with Crippen molar-refractivity contribution in [2.75, 3.05) is 19.6 Å². The fourth-order valence-electron chi connectivity index (χ4n) is 1.81. The van der Waals surface area contributed by atoms with Crippen LogP contribution in [0.3, 0.4) is 0 Å². The highest BCUT2D eigenvalue weighted by molar-refractivity contribution is 5.75. The zero-order valence-electron chi connectivity index (χ0n) is 10.4. The number of aliphatic hydroxyl groups is 1. The van der Waals surface area contributed by atoms with Gasteiger partial charge in [0.15, 0.2) is 0 Å². The van der Waals surface area contributed by atoms with E-state index in [1.54, 1.807) is 6.92 Å². The van der Waals surface area contributed by atoms with Crippen molar-refractivity contribution in [3.8, 4) is 0 Å². The molecule has 0 bridgehead atoms. The van der Waals surface area contributed by atoms with Crippen LogP contribution in [0.15, 0.2) is 0 Å². The highest BCUT2D eigenvalue weighted by atomic mass is 16.3. The van der Waals surface area contributed by atoms with E-state index >= 15 is 0 Å². The zero-order chi connectivity index (χ0) is 12.0. The van der Waals surface area contributed by atoms with Crippen LogP contribution in [0.4, 0.5) is 0 Å². The minimum absolute atomic E-state index is 0.0488. The second kappa shape index (κ2) is 6.86. The third-order valence-electron chi connectivity index (χ3n) is 2.98. The molecule has 4 nitrogen and oxygen atoms in total. The molecule has 0 heterocycles. The molecule has 1 atom stereocenters. The van der Waals surface area contributed by atoms with E-state index in [1.165, 1.54) is 12.8 Å². The lowest BCUT2D eigenvalue weighted by molar-refractivity contribution is -0.121. The highest BCUT2D eigenvalue weighted by Gasteiger charge is 2.27. The third-order valence-corrected chi connectivity index (χ3v) is 2.98. The molecule has 4 heteroatoms. The summed E-state index contributed by atoms with van der Waals surface area (Å²) in [4.78, 5) is 13.8. The Morgan fingerprint density at radius 2 is 2.25 bits per heavy atom. The highest BCUT2D eigenvalue weighted by Crippen LogP contribution is 2.25. The van der Waals surface area contributed by atoms with Gasteiger partial charge in [-0.2, -0.15) is 0 Å². The second-order valence-corrected chi connectivity index (χ2v) is 4.60. The average molecular weight is 228 g/mol. The number of nitrogens with zero attached hydrogens (tertiary/aromatic N) is 1. The Morgan fingerprint density at radius 3 is 2.75 bits per heavy atom. The number of carbonyl (C=O) groups excluding carboxylic acids is 1. The molecule has 0 aliphatic heterocycles. The summed E-state index contributed by atoms with van der Waals surface area (Å²) < 4.78 is 0. The zero-order valence-corrected chi connectivity index (χ0v) is 10.4. The van der Waals surface area contributed by atoms with Gasteiger partial charge in [0.25, 0.3) is 0 Å². The Morgan fingerprint density at radius 1 is 1.56 bits per heavy atom. The maximum atomic E-state index is 11.4. The van der Waals surface area contributed by atoms with E-state index in [0.29, 0.717) is 12.8 Å². The van der Waals surface area contributed by atoms with Crippen molar-refractivity contribution in [1.29, 1.82) is 0 Å². The van der Waals surface area contributed by atoms with Gasteiger partial charge in [-0.25, -0.2) is 0 Å². The summed E-state index contributed by atoms with van der Waals surface area (Å²) in [5, 5.41) is 11.9. The minimum atomic E-state index is -0.385. The van der Waals surface area contributed by atoms with E-state index in [9.17, 15) is 4.79 Å². The molecule has 1 saturated carbocycles. The van der Waals surface area contributed by atoms with Gasteiger partial charge in [-0.05, 0) is 32.7 Å². The quantitative estimate of drug-likeness (QED) is 0.644. The van der Waals surface area contributed by atoms with Crippen LogP contribution in [0.5, 0.6) is 0 Å². The van der Waals surface area contributed by atoms with E-state index in [1.807, 2.05) is 0 Å². The summed E-state index contributed by atoms with van der Waals surface area (Å²) in [7, 11) is 0. The van der Waals surface area contributed by atoms with Crippen molar-refractivity contribution in [3.05, 3.63) is 0 Å². The molecule has 16 heavy (non-hydrogen) atoms. The maximum absolute atomic E-state index is 11.4. The largest absolute Gasteiger partial charge is 0.393 e. The molecule has 94 valence electrons. The molecule has 2 N–H and O–H groups in total. The Balaban J connectivity index is 2.02. The van der Waals surface area contributed by atoms with E-state index in [-0.39, 0.29) is 12.0 Å². The number of carbonyl (C=O) groups is 1. The van der Waals surface area contributed by atoms with Crippen LogP contribution >= 0.6 is 0 Å². The molecule has 0 spiro atoms. The molecule has 0 aromatic rings. The molecule has 1 aliphatic rings. The molecule has 0 radical (unpaired) electrons. The van der Waals surface area contributed by atoms with Gasteiger partial charge >= 0.3 is 0 Å². The summed E-state index contributed by atoms with van der Waals surface area (Å²) in [6.45, 7) is 6.60. The third kappa shape index (κ3) is 5.47. The first-order valence-electron chi connectivity index (χ1n) is 6.32. The second-order valence-electron chi connectivity index (χ2n) is 4.60. The van der Waals surface area contributed by atoms with Gasteiger partial charge in [0.05, 0.1) is 6.10 Å². The summed E-state index contributed by atoms with van der Waals surface area (Å²) in [5.41, 5.74) is 0. The fourth-order valence-corrected chi connectivity index (χ4v) is 1.81. The predicted octanol–water partition coefficient (Wildman–Crippen LogP) is 0.748. The van der Waals surface area contributed by atoms with Crippen LogP contribution in [0.1, 0.15) is 39.5 Å². The molecule has 1 rings (SSSR count). The molecular weight excluding hydrogens is 204 g/mol.